The monoisotopic (exact) mass is 377 g/mol. The van der Waals surface area contributed by atoms with Gasteiger partial charge in [0.15, 0.2) is 9.84 Å². The van der Waals surface area contributed by atoms with Crippen LogP contribution in [0.2, 0.25) is 0 Å². The van der Waals surface area contributed by atoms with Crippen LogP contribution in [0.4, 0.5) is 0 Å². The number of hydrogen-bond acceptors (Lipinski definition) is 4. The summed E-state index contributed by atoms with van der Waals surface area (Å²) in [4.78, 5) is 12.9. The Labute approximate surface area is 134 Å². The number of carboxylic acid groups (broad SMARTS) is 1. The van der Waals surface area contributed by atoms with Gasteiger partial charge >= 0.3 is 5.97 Å². The summed E-state index contributed by atoms with van der Waals surface area (Å²) in [5.74, 6) is -0.899. The first kappa shape index (κ1) is 18.1. The van der Waals surface area contributed by atoms with E-state index >= 15 is 0 Å². The number of aliphatic carboxylic acids is 1. The molecule has 118 valence electrons. The number of carboxylic acids is 1. The SMILES string of the molecule is CCN(CCS(=O)(=O)c1ccc(Br)cc1)C(C)CC(=O)O. The average Bonchev–Trinajstić information content (AvgIpc) is 2.39. The summed E-state index contributed by atoms with van der Waals surface area (Å²) in [6, 6.07) is 6.33. The van der Waals surface area contributed by atoms with Crippen LogP contribution in [0.3, 0.4) is 0 Å². The molecule has 0 aromatic heterocycles. The van der Waals surface area contributed by atoms with Crippen molar-refractivity contribution in [2.24, 2.45) is 0 Å². The van der Waals surface area contributed by atoms with Crippen LogP contribution in [0.25, 0.3) is 0 Å². The van der Waals surface area contributed by atoms with Gasteiger partial charge < -0.3 is 5.11 Å². The van der Waals surface area contributed by atoms with Crippen LogP contribution < -0.4 is 0 Å². The standard InChI is InChI=1S/C14H20BrNO4S/c1-3-16(11(2)10-14(17)18)8-9-21(19,20)13-6-4-12(15)5-7-13/h4-7,11H,3,8-10H2,1-2H3,(H,17,18). The minimum Gasteiger partial charge on any atom is -0.481 e. The number of halogens is 1. The topological polar surface area (TPSA) is 74.7 Å². The number of benzene rings is 1. The molecule has 1 atom stereocenters. The molecule has 0 saturated carbocycles. The predicted molar refractivity (Wildman–Crippen MR) is 85.2 cm³/mol. The molecule has 21 heavy (non-hydrogen) atoms. The summed E-state index contributed by atoms with van der Waals surface area (Å²) in [5.41, 5.74) is 0. The molecule has 1 rings (SSSR count). The average molecular weight is 378 g/mol. The normalized spacial score (nSPS) is 13.3. The van der Waals surface area contributed by atoms with Crippen LogP contribution in [0.5, 0.6) is 0 Å². The molecule has 1 aromatic carbocycles. The molecule has 0 amide bonds. The predicted octanol–water partition coefficient (Wildman–Crippen LogP) is 2.41. The minimum absolute atomic E-state index is 0.00612. The molecular formula is C14H20BrNO4S. The second kappa shape index (κ2) is 7.91. The number of nitrogens with zero attached hydrogens (tertiary/aromatic N) is 1. The highest BCUT2D eigenvalue weighted by Gasteiger charge is 2.20. The fraction of sp³-hybridized carbons (Fsp3) is 0.500. The zero-order chi connectivity index (χ0) is 16.0. The third-order valence-corrected chi connectivity index (χ3v) is 5.56. The van der Waals surface area contributed by atoms with E-state index in [4.69, 9.17) is 5.11 Å². The number of rotatable bonds is 8. The molecule has 0 radical (unpaired) electrons. The van der Waals surface area contributed by atoms with Crippen molar-refractivity contribution >= 4 is 31.7 Å². The van der Waals surface area contributed by atoms with Crippen molar-refractivity contribution < 1.29 is 18.3 Å². The third-order valence-electron chi connectivity index (χ3n) is 3.32. The van der Waals surface area contributed by atoms with Crippen LogP contribution in [-0.2, 0) is 14.6 Å². The van der Waals surface area contributed by atoms with Gasteiger partial charge in [-0.25, -0.2) is 8.42 Å². The Balaban J connectivity index is 2.71. The number of hydrogen-bond donors (Lipinski definition) is 1. The van der Waals surface area contributed by atoms with Crippen molar-refractivity contribution in [3.8, 4) is 0 Å². The highest BCUT2D eigenvalue weighted by molar-refractivity contribution is 9.10. The fourth-order valence-corrected chi connectivity index (χ4v) is 3.59. The first-order valence-corrected chi connectivity index (χ1v) is 9.15. The van der Waals surface area contributed by atoms with E-state index in [-0.39, 0.29) is 23.1 Å². The quantitative estimate of drug-likeness (QED) is 0.752. The van der Waals surface area contributed by atoms with E-state index in [0.29, 0.717) is 13.1 Å². The van der Waals surface area contributed by atoms with Gasteiger partial charge in [0.05, 0.1) is 17.1 Å². The van der Waals surface area contributed by atoms with E-state index < -0.39 is 15.8 Å². The maximum atomic E-state index is 12.3. The summed E-state index contributed by atoms with van der Waals surface area (Å²) in [6.07, 6.45) is 0.00612. The molecule has 0 aliphatic rings. The van der Waals surface area contributed by atoms with E-state index in [1.54, 1.807) is 31.2 Å². The van der Waals surface area contributed by atoms with Crippen molar-refractivity contribution in [1.29, 1.82) is 0 Å². The van der Waals surface area contributed by atoms with Crippen LogP contribution in [0.15, 0.2) is 33.6 Å². The Bertz CT molecular complexity index is 571. The fourth-order valence-electron chi connectivity index (χ4n) is 2.07. The molecule has 0 heterocycles. The molecule has 0 aliphatic carbocycles. The molecule has 0 saturated heterocycles. The molecule has 1 unspecified atom stereocenters. The summed E-state index contributed by atoms with van der Waals surface area (Å²) in [6.45, 7) is 4.63. The van der Waals surface area contributed by atoms with Gasteiger partial charge in [0.2, 0.25) is 0 Å². The van der Waals surface area contributed by atoms with E-state index in [0.717, 1.165) is 4.47 Å². The Morgan fingerprint density at radius 1 is 1.33 bits per heavy atom. The van der Waals surface area contributed by atoms with Gasteiger partial charge in [-0.05, 0) is 37.7 Å². The summed E-state index contributed by atoms with van der Waals surface area (Å²) in [7, 11) is -3.35. The summed E-state index contributed by atoms with van der Waals surface area (Å²) in [5, 5.41) is 8.81. The molecule has 0 spiro atoms. The molecule has 0 aliphatic heterocycles. The van der Waals surface area contributed by atoms with Crippen molar-refractivity contribution in [2.75, 3.05) is 18.8 Å². The highest BCUT2D eigenvalue weighted by Crippen LogP contribution is 2.16. The lowest BCUT2D eigenvalue weighted by Crippen LogP contribution is -2.38. The van der Waals surface area contributed by atoms with E-state index in [1.165, 1.54) is 0 Å². The van der Waals surface area contributed by atoms with Gasteiger partial charge in [-0.3, -0.25) is 9.69 Å². The molecule has 7 heteroatoms. The summed E-state index contributed by atoms with van der Waals surface area (Å²) < 4.78 is 25.3. The highest BCUT2D eigenvalue weighted by atomic mass is 79.9. The van der Waals surface area contributed by atoms with E-state index in [9.17, 15) is 13.2 Å². The molecular weight excluding hydrogens is 358 g/mol. The first-order valence-electron chi connectivity index (χ1n) is 6.70. The van der Waals surface area contributed by atoms with Crippen LogP contribution in [-0.4, -0.2) is 49.3 Å². The van der Waals surface area contributed by atoms with Crippen molar-refractivity contribution in [3.05, 3.63) is 28.7 Å². The Hall–Kier alpha value is -0.920. The number of carbonyl (C=O) groups is 1. The molecule has 1 N–H and O–H groups in total. The molecule has 5 nitrogen and oxygen atoms in total. The lowest BCUT2D eigenvalue weighted by Gasteiger charge is -2.26. The van der Waals surface area contributed by atoms with Crippen molar-refractivity contribution in [2.45, 2.75) is 31.2 Å². The zero-order valence-corrected chi connectivity index (χ0v) is 14.5. The molecule has 0 bridgehead atoms. The van der Waals surface area contributed by atoms with Crippen LogP contribution in [0, 0.1) is 0 Å². The first-order chi connectivity index (χ1) is 9.76. The summed E-state index contributed by atoms with van der Waals surface area (Å²) >= 11 is 3.27. The maximum Gasteiger partial charge on any atom is 0.304 e. The number of sulfone groups is 1. The second-order valence-corrected chi connectivity index (χ2v) is 7.87. The van der Waals surface area contributed by atoms with Crippen LogP contribution >= 0.6 is 15.9 Å². The third kappa shape index (κ3) is 5.76. The Morgan fingerprint density at radius 3 is 2.38 bits per heavy atom. The molecule has 0 fully saturated rings. The van der Waals surface area contributed by atoms with Crippen molar-refractivity contribution in [3.63, 3.8) is 0 Å². The largest absolute Gasteiger partial charge is 0.481 e. The Morgan fingerprint density at radius 2 is 1.90 bits per heavy atom. The van der Waals surface area contributed by atoms with E-state index in [1.807, 2.05) is 11.8 Å². The maximum absolute atomic E-state index is 12.3. The smallest absolute Gasteiger partial charge is 0.304 e. The minimum atomic E-state index is -3.35. The second-order valence-electron chi connectivity index (χ2n) is 4.85. The van der Waals surface area contributed by atoms with Crippen molar-refractivity contribution in [1.82, 2.24) is 4.90 Å². The Kier molecular flexibility index (Phi) is 6.83. The molecule has 1 aromatic rings. The zero-order valence-electron chi connectivity index (χ0n) is 12.1. The van der Waals surface area contributed by atoms with Gasteiger partial charge in [0.25, 0.3) is 0 Å². The lowest BCUT2D eigenvalue weighted by molar-refractivity contribution is -0.138. The van der Waals surface area contributed by atoms with Gasteiger partial charge in [-0.2, -0.15) is 0 Å². The van der Waals surface area contributed by atoms with Gasteiger partial charge in [0.1, 0.15) is 0 Å². The van der Waals surface area contributed by atoms with Crippen LogP contribution in [0.1, 0.15) is 20.3 Å². The van der Waals surface area contributed by atoms with Gasteiger partial charge in [0, 0.05) is 17.1 Å². The van der Waals surface area contributed by atoms with Gasteiger partial charge in [-0.15, -0.1) is 0 Å². The van der Waals surface area contributed by atoms with E-state index in [2.05, 4.69) is 15.9 Å². The van der Waals surface area contributed by atoms with Gasteiger partial charge in [-0.1, -0.05) is 22.9 Å². The lowest BCUT2D eigenvalue weighted by atomic mass is 10.2.